The molecule has 0 spiro atoms. The second-order valence-electron chi connectivity index (χ2n) is 7.74. The molecule has 3 unspecified atom stereocenters. The number of ether oxygens (including phenoxy) is 1. The minimum absolute atomic E-state index is 0.120. The highest BCUT2D eigenvalue weighted by atomic mass is 16.5. The van der Waals surface area contributed by atoms with E-state index in [1.807, 2.05) is 25.7 Å². The molecule has 7 heteroatoms. The Morgan fingerprint density at radius 2 is 1.79 bits per heavy atom. The van der Waals surface area contributed by atoms with E-state index < -0.39 is 11.6 Å². The molecule has 1 N–H and O–H groups in total. The molecule has 2 aliphatic rings. The van der Waals surface area contributed by atoms with Crippen molar-refractivity contribution in [3.63, 3.8) is 0 Å². The van der Waals surface area contributed by atoms with Crippen LogP contribution < -0.4 is 10.1 Å². The number of hydrogen-bond acceptors (Lipinski definition) is 4. The highest BCUT2D eigenvalue weighted by molar-refractivity contribution is 6.09. The zero-order chi connectivity index (χ0) is 20.5. The molecule has 1 aromatic carbocycles. The van der Waals surface area contributed by atoms with Crippen molar-refractivity contribution in [2.24, 2.45) is 0 Å². The van der Waals surface area contributed by atoms with Crippen LogP contribution in [0.15, 0.2) is 24.3 Å². The lowest BCUT2D eigenvalue weighted by molar-refractivity contribution is -0.143. The van der Waals surface area contributed by atoms with Gasteiger partial charge in [-0.15, -0.1) is 0 Å². The number of benzene rings is 1. The van der Waals surface area contributed by atoms with Crippen LogP contribution in [0.25, 0.3) is 0 Å². The van der Waals surface area contributed by atoms with Gasteiger partial charge in [-0.3, -0.25) is 14.5 Å². The maximum atomic E-state index is 13.2. The number of amides is 4. The van der Waals surface area contributed by atoms with Crippen molar-refractivity contribution in [1.29, 1.82) is 0 Å². The van der Waals surface area contributed by atoms with Crippen molar-refractivity contribution in [3.05, 3.63) is 29.8 Å². The summed E-state index contributed by atoms with van der Waals surface area (Å²) in [5.41, 5.74) is -0.466. The number of rotatable bonds is 5. The summed E-state index contributed by atoms with van der Waals surface area (Å²) in [6, 6.07) is 6.80. The van der Waals surface area contributed by atoms with Gasteiger partial charge in [-0.25, -0.2) is 4.79 Å². The quantitative estimate of drug-likeness (QED) is 0.788. The van der Waals surface area contributed by atoms with Gasteiger partial charge < -0.3 is 15.0 Å². The van der Waals surface area contributed by atoms with Gasteiger partial charge in [0.15, 0.2) is 0 Å². The highest BCUT2D eigenvalue weighted by Crippen LogP contribution is 2.33. The van der Waals surface area contributed by atoms with Crippen LogP contribution in [0, 0.1) is 0 Å². The smallest absolute Gasteiger partial charge is 0.325 e. The van der Waals surface area contributed by atoms with E-state index in [1.165, 1.54) is 0 Å². The van der Waals surface area contributed by atoms with Crippen LogP contribution in [0.5, 0.6) is 5.75 Å². The lowest BCUT2D eigenvalue weighted by Gasteiger charge is -2.39. The van der Waals surface area contributed by atoms with Crippen molar-refractivity contribution in [2.75, 3.05) is 13.7 Å². The number of carbonyl (C=O) groups excluding carboxylic acids is 3. The third-order valence-electron chi connectivity index (χ3n) is 6.06. The molecule has 3 atom stereocenters. The Balaban J connectivity index is 1.82. The summed E-state index contributed by atoms with van der Waals surface area (Å²) >= 11 is 0. The molecular weight excluding hydrogens is 358 g/mol. The number of piperidine rings is 1. The first kappa shape index (κ1) is 20.2. The predicted octanol–water partition coefficient (Wildman–Crippen LogP) is 2.64. The van der Waals surface area contributed by atoms with Crippen LogP contribution in [0.2, 0.25) is 0 Å². The van der Waals surface area contributed by atoms with Gasteiger partial charge in [-0.05, 0) is 57.2 Å². The Kier molecular flexibility index (Phi) is 5.63. The van der Waals surface area contributed by atoms with E-state index >= 15 is 0 Å². The summed E-state index contributed by atoms with van der Waals surface area (Å²) in [7, 11) is 1.57. The van der Waals surface area contributed by atoms with E-state index in [0.717, 1.165) is 24.2 Å². The molecule has 0 radical (unpaired) electrons. The topological polar surface area (TPSA) is 79.0 Å². The number of methoxy groups -OCH3 is 1. The fourth-order valence-corrected chi connectivity index (χ4v) is 4.41. The van der Waals surface area contributed by atoms with Gasteiger partial charge in [0, 0.05) is 12.1 Å². The second-order valence-corrected chi connectivity index (χ2v) is 7.74. The minimum Gasteiger partial charge on any atom is -0.497 e. The molecule has 0 bridgehead atoms. The van der Waals surface area contributed by atoms with Gasteiger partial charge in [0.25, 0.3) is 5.91 Å². The van der Waals surface area contributed by atoms with Crippen LogP contribution in [-0.4, -0.2) is 53.4 Å². The molecule has 0 aromatic heterocycles. The Hall–Kier alpha value is -2.57. The van der Waals surface area contributed by atoms with E-state index in [2.05, 4.69) is 5.32 Å². The maximum Gasteiger partial charge on any atom is 0.325 e. The zero-order valence-electron chi connectivity index (χ0n) is 17.0. The normalized spacial score (nSPS) is 27.7. The summed E-state index contributed by atoms with van der Waals surface area (Å²) in [6.45, 7) is 5.67. The number of likely N-dealkylation sites (tertiary alicyclic amines) is 1. The Labute approximate surface area is 166 Å². The summed E-state index contributed by atoms with van der Waals surface area (Å²) in [6.07, 6.45) is 3.37. The van der Waals surface area contributed by atoms with Crippen LogP contribution in [0.4, 0.5) is 4.79 Å². The SMILES string of the molecule is CCC1(c2ccc(OC)cc2)NC(=O)N(CC(=O)N2C(C)CCCC2C)C1=O. The van der Waals surface area contributed by atoms with Gasteiger partial charge in [0.05, 0.1) is 7.11 Å². The van der Waals surface area contributed by atoms with Crippen molar-refractivity contribution in [3.8, 4) is 5.75 Å². The molecule has 0 saturated carbocycles. The van der Waals surface area contributed by atoms with E-state index in [0.29, 0.717) is 17.7 Å². The van der Waals surface area contributed by atoms with E-state index in [-0.39, 0.29) is 30.4 Å². The molecule has 4 amide bonds. The van der Waals surface area contributed by atoms with Gasteiger partial charge in [0.1, 0.15) is 17.8 Å². The molecule has 3 rings (SSSR count). The van der Waals surface area contributed by atoms with Crippen LogP contribution >= 0.6 is 0 Å². The van der Waals surface area contributed by atoms with Gasteiger partial charge in [-0.2, -0.15) is 0 Å². The highest BCUT2D eigenvalue weighted by Gasteiger charge is 2.52. The van der Waals surface area contributed by atoms with Crippen LogP contribution in [0.3, 0.4) is 0 Å². The first-order chi connectivity index (χ1) is 13.3. The van der Waals surface area contributed by atoms with Crippen molar-refractivity contribution in [1.82, 2.24) is 15.1 Å². The molecule has 1 aromatic rings. The number of hydrogen-bond donors (Lipinski definition) is 1. The average molecular weight is 387 g/mol. The van der Waals surface area contributed by atoms with Crippen LogP contribution in [-0.2, 0) is 15.1 Å². The predicted molar refractivity (Wildman–Crippen MR) is 105 cm³/mol. The first-order valence-electron chi connectivity index (χ1n) is 9.93. The number of carbonyl (C=O) groups is 3. The van der Waals surface area contributed by atoms with Crippen LogP contribution in [0.1, 0.15) is 52.0 Å². The second kappa shape index (κ2) is 7.81. The number of urea groups is 1. The largest absolute Gasteiger partial charge is 0.497 e. The Morgan fingerprint density at radius 3 is 2.32 bits per heavy atom. The monoisotopic (exact) mass is 387 g/mol. The molecule has 152 valence electrons. The molecule has 0 aliphatic carbocycles. The van der Waals surface area contributed by atoms with E-state index in [4.69, 9.17) is 4.74 Å². The third kappa shape index (κ3) is 3.34. The lowest BCUT2D eigenvalue weighted by Crippen LogP contribution is -2.52. The first-order valence-corrected chi connectivity index (χ1v) is 9.93. The number of nitrogens with zero attached hydrogens (tertiary/aromatic N) is 2. The summed E-state index contributed by atoms with van der Waals surface area (Å²) in [5, 5.41) is 2.83. The Morgan fingerprint density at radius 1 is 1.18 bits per heavy atom. The maximum absolute atomic E-state index is 13.2. The molecule has 2 saturated heterocycles. The molecule has 2 fully saturated rings. The molecule has 2 aliphatic heterocycles. The fraction of sp³-hybridized carbons (Fsp3) is 0.571. The lowest BCUT2D eigenvalue weighted by atomic mass is 9.87. The minimum atomic E-state index is -1.15. The van der Waals surface area contributed by atoms with Gasteiger partial charge in [-0.1, -0.05) is 19.1 Å². The van der Waals surface area contributed by atoms with E-state index in [1.54, 1.807) is 31.4 Å². The average Bonchev–Trinajstić information content (AvgIpc) is 2.93. The third-order valence-corrected chi connectivity index (χ3v) is 6.06. The zero-order valence-corrected chi connectivity index (χ0v) is 17.0. The fourth-order valence-electron chi connectivity index (χ4n) is 4.41. The van der Waals surface area contributed by atoms with Gasteiger partial charge >= 0.3 is 6.03 Å². The van der Waals surface area contributed by atoms with Crippen molar-refractivity contribution in [2.45, 2.75) is 64.1 Å². The standard InChI is InChI=1S/C21H29N3O4/c1-5-21(16-9-11-17(28-4)12-10-16)19(26)23(20(27)22-21)13-18(25)24-14(2)7-6-8-15(24)3/h9-12,14-15H,5-8,13H2,1-4H3,(H,22,27). The van der Waals surface area contributed by atoms with Crippen molar-refractivity contribution < 1.29 is 19.1 Å². The molecule has 7 nitrogen and oxygen atoms in total. The molecule has 2 heterocycles. The van der Waals surface area contributed by atoms with E-state index in [9.17, 15) is 14.4 Å². The number of imide groups is 1. The number of nitrogens with one attached hydrogen (secondary N) is 1. The molecular formula is C21H29N3O4. The molecule has 28 heavy (non-hydrogen) atoms. The Bertz CT molecular complexity index is 753. The van der Waals surface area contributed by atoms with Gasteiger partial charge in [0.2, 0.25) is 5.91 Å². The van der Waals surface area contributed by atoms with Crippen molar-refractivity contribution >= 4 is 17.8 Å². The summed E-state index contributed by atoms with van der Waals surface area (Å²) in [4.78, 5) is 41.7. The summed E-state index contributed by atoms with van der Waals surface area (Å²) < 4.78 is 5.17. The summed E-state index contributed by atoms with van der Waals surface area (Å²) in [5.74, 6) is 0.118.